The van der Waals surface area contributed by atoms with E-state index >= 15 is 0 Å². The predicted molar refractivity (Wildman–Crippen MR) is 89.0 cm³/mol. The molecule has 112 valence electrons. The average molecular weight is 282 g/mol. The lowest BCUT2D eigenvalue weighted by Crippen LogP contribution is -2.40. The van der Waals surface area contributed by atoms with E-state index in [1.807, 2.05) is 6.07 Å². The van der Waals surface area contributed by atoms with E-state index in [4.69, 9.17) is 4.74 Å². The molecule has 2 aromatic rings. The molecular formula is C20H26O. The highest BCUT2D eigenvalue weighted by Crippen LogP contribution is 2.41. The largest absolute Gasteiger partial charge is 0.365 e. The first kappa shape index (κ1) is 15.8. The number of hydrogen-bond donors (Lipinski definition) is 0. The fourth-order valence-corrected chi connectivity index (χ4v) is 3.23. The maximum atomic E-state index is 6.52. The van der Waals surface area contributed by atoms with Gasteiger partial charge in [0, 0.05) is 0 Å². The Bertz CT molecular complexity index is 520. The van der Waals surface area contributed by atoms with Gasteiger partial charge in [0.1, 0.15) is 0 Å². The topological polar surface area (TPSA) is 9.23 Å². The van der Waals surface area contributed by atoms with Crippen LogP contribution in [0.1, 0.15) is 38.8 Å². The maximum Gasteiger partial charge on any atom is 0.0981 e. The van der Waals surface area contributed by atoms with Gasteiger partial charge in [-0.2, -0.15) is 0 Å². The molecule has 2 aromatic carbocycles. The molecule has 0 radical (unpaired) electrons. The van der Waals surface area contributed by atoms with Crippen LogP contribution in [0.15, 0.2) is 60.7 Å². The van der Waals surface area contributed by atoms with Crippen LogP contribution in [-0.4, -0.2) is 0 Å². The molecule has 0 spiro atoms. The molecule has 1 nitrogen and oxygen atoms in total. The summed E-state index contributed by atoms with van der Waals surface area (Å²) in [5, 5.41) is 0. The average Bonchev–Trinajstić information content (AvgIpc) is 2.49. The van der Waals surface area contributed by atoms with Gasteiger partial charge < -0.3 is 4.74 Å². The third-order valence-electron chi connectivity index (χ3n) is 4.26. The van der Waals surface area contributed by atoms with E-state index in [0.717, 1.165) is 0 Å². The second-order valence-electron chi connectivity index (χ2n) is 6.24. The van der Waals surface area contributed by atoms with Gasteiger partial charge in [-0.05, 0) is 23.0 Å². The summed E-state index contributed by atoms with van der Waals surface area (Å²) < 4.78 is 6.52. The van der Waals surface area contributed by atoms with Crippen LogP contribution in [0.2, 0.25) is 0 Å². The van der Waals surface area contributed by atoms with Crippen molar-refractivity contribution >= 4 is 0 Å². The summed E-state index contributed by atoms with van der Waals surface area (Å²) in [5.41, 5.74) is 2.24. The highest BCUT2D eigenvalue weighted by atomic mass is 16.5. The Morgan fingerprint density at radius 2 is 1.24 bits per heavy atom. The third kappa shape index (κ3) is 3.36. The zero-order valence-corrected chi connectivity index (χ0v) is 13.5. The summed E-state index contributed by atoms with van der Waals surface area (Å²) in [6.07, 6.45) is 0. The molecule has 0 bridgehead atoms. The van der Waals surface area contributed by atoms with Gasteiger partial charge in [0.2, 0.25) is 0 Å². The summed E-state index contributed by atoms with van der Waals surface area (Å²) >= 11 is 0. The van der Waals surface area contributed by atoms with Crippen LogP contribution in [0.3, 0.4) is 0 Å². The van der Waals surface area contributed by atoms with Crippen molar-refractivity contribution in [1.82, 2.24) is 0 Å². The van der Waals surface area contributed by atoms with Gasteiger partial charge >= 0.3 is 0 Å². The van der Waals surface area contributed by atoms with Gasteiger partial charge in [0.05, 0.1) is 12.2 Å². The van der Waals surface area contributed by atoms with Crippen molar-refractivity contribution in [2.24, 2.45) is 11.8 Å². The molecule has 0 heterocycles. The van der Waals surface area contributed by atoms with E-state index in [1.165, 1.54) is 11.1 Å². The minimum absolute atomic E-state index is 0.253. The van der Waals surface area contributed by atoms with Crippen molar-refractivity contribution in [2.75, 3.05) is 0 Å². The molecule has 0 aliphatic heterocycles. The molecule has 0 aliphatic carbocycles. The molecule has 0 saturated heterocycles. The molecule has 0 aromatic heterocycles. The summed E-state index contributed by atoms with van der Waals surface area (Å²) in [7, 11) is 0. The first-order valence-electron chi connectivity index (χ1n) is 7.80. The van der Waals surface area contributed by atoms with E-state index in [-0.39, 0.29) is 5.60 Å². The van der Waals surface area contributed by atoms with Crippen molar-refractivity contribution in [3.8, 4) is 0 Å². The van der Waals surface area contributed by atoms with E-state index in [0.29, 0.717) is 18.4 Å². The molecule has 1 heteroatoms. The predicted octanol–water partition coefficient (Wildman–Crippen LogP) is 5.41. The molecule has 2 rings (SSSR count). The SMILES string of the molecule is CC(C)C(OCc1ccccc1)(c1ccccc1)C(C)C. The monoisotopic (exact) mass is 282 g/mol. The quantitative estimate of drug-likeness (QED) is 0.688. The molecule has 0 unspecified atom stereocenters. The zero-order chi connectivity index (χ0) is 15.3. The minimum Gasteiger partial charge on any atom is -0.365 e. The Hall–Kier alpha value is -1.60. The van der Waals surface area contributed by atoms with Crippen LogP contribution in [0.25, 0.3) is 0 Å². The van der Waals surface area contributed by atoms with E-state index in [2.05, 4.69) is 82.3 Å². The summed E-state index contributed by atoms with van der Waals surface area (Å²) in [5.74, 6) is 0.812. The van der Waals surface area contributed by atoms with Crippen molar-refractivity contribution in [2.45, 2.75) is 39.9 Å². The van der Waals surface area contributed by atoms with Gasteiger partial charge in [-0.1, -0.05) is 88.4 Å². The number of hydrogen-bond acceptors (Lipinski definition) is 1. The summed E-state index contributed by atoms with van der Waals surface area (Å²) in [4.78, 5) is 0. The Balaban J connectivity index is 2.32. The normalized spacial score (nSPS) is 12.1. The van der Waals surface area contributed by atoms with Crippen LogP contribution < -0.4 is 0 Å². The second kappa shape index (κ2) is 6.91. The molecule has 0 atom stereocenters. The molecular weight excluding hydrogens is 256 g/mol. The zero-order valence-electron chi connectivity index (χ0n) is 13.5. The number of benzene rings is 2. The van der Waals surface area contributed by atoms with Crippen molar-refractivity contribution < 1.29 is 4.74 Å². The van der Waals surface area contributed by atoms with Crippen molar-refractivity contribution in [1.29, 1.82) is 0 Å². The van der Waals surface area contributed by atoms with E-state index in [1.54, 1.807) is 0 Å². The third-order valence-corrected chi connectivity index (χ3v) is 4.26. The Morgan fingerprint density at radius 1 is 0.762 bits per heavy atom. The molecule has 0 aliphatic rings. The van der Waals surface area contributed by atoms with Crippen LogP contribution in [-0.2, 0) is 16.9 Å². The standard InChI is InChI=1S/C20H26O/c1-16(2)20(17(3)4,19-13-9-6-10-14-19)21-15-18-11-7-5-8-12-18/h5-14,16-17H,15H2,1-4H3. The number of rotatable bonds is 6. The smallest absolute Gasteiger partial charge is 0.0981 e. The Kier molecular flexibility index (Phi) is 5.19. The highest BCUT2D eigenvalue weighted by molar-refractivity contribution is 5.24. The molecule has 21 heavy (non-hydrogen) atoms. The fraction of sp³-hybridized carbons (Fsp3) is 0.400. The van der Waals surface area contributed by atoms with Gasteiger partial charge in [-0.15, -0.1) is 0 Å². The lowest BCUT2D eigenvalue weighted by molar-refractivity contribution is -0.127. The summed E-state index contributed by atoms with van der Waals surface area (Å²) in [6.45, 7) is 9.64. The fourth-order valence-electron chi connectivity index (χ4n) is 3.23. The first-order chi connectivity index (χ1) is 10.1. The lowest BCUT2D eigenvalue weighted by Gasteiger charge is -2.42. The van der Waals surface area contributed by atoms with Crippen molar-refractivity contribution in [3.63, 3.8) is 0 Å². The second-order valence-corrected chi connectivity index (χ2v) is 6.24. The molecule has 0 saturated carbocycles. The van der Waals surface area contributed by atoms with Crippen molar-refractivity contribution in [3.05, 3.63) is 71.8 Å². The summed E-state index contributed by atoms with van der Waals surface area (Å²) in [6, 6.07) is 21.0. The van der Waals surface area contributed by atoms with Gasteiger partial charge in [-0.3, -0.25) is 0 Å². The van der Waals surface area contributed by atoms with Crippen LogP contribution in [0.4, 0.5) is 0 Å². The molecule has 0 fully saturated rings. The maximum absolute atomic E-state index is 6.52. The van der Waals surface area contributed by atoms with Crippen LogP contribution in [0.5, 0.6) is 0 Å². The molecule has 0 N–H and O–H groups in total. The van der Waals surface area contributed by atoms with Crippen LogP contribution in [0, 0.1) is 11.8 Å². The van der Waals surface area contributed by atoms with Gasteiger partial charge in [0.25, 0.3) is 0 Å². The first-order valence-corrected chi connectivity index (χ1v) is 7.80. The Labute approximate surface area is 129 Å². The lowest BCUT2D eigenvalue weighted by atomic mass is 9.75. The number of ether oxygens (including phenoxy) is 1. The van der Waals surface area contributed by atoms with Gasteiger partial charge in [-0.25, -0.2) is 0 Å². The molecule has 0 amide bonds. The van der Waals surface area contributed by atoms with E-state index < -0.39 is 0 Å². The Morgan fingerprint density at radius 3 is 1.71 bits per heavy atom. The van der Waals surface area contributed by atoms with E-state index in [9.17, 15) is 0 Å². The highest BCUT2D eigenvalue weighted by Gasteiger charge is 2.39. The van der Waals surface area contributed by atoms with Gasteiger partial charge in [0.15, 0.2) is 0 Å². The van der Waals surface area contributed by atoms with Crippen LogP contribution >= 0.6 is 0 Å². The minimum atomic E-state index is -0.253.